The Balaban J connectivity index is 2.13. The first kappa shape index (κ1) is 13.4. The maximum atomic E-state index is 5.48. The Morgan fingerprint density at radius 1 is 1.44 bits per heavy atom. The number of ether oxygens (including phenoxy) is 1. The SMILES string of the molecule is CCCn1ncc(OC)c1C1CCC1CNCC. The molecule has 1 N–H and O–H groups in total. The third-order valence-electron chi connectivity index (χ3n) is 3.93. The molecular weight excluding hydrogens is 226 g/mol. The summed E-state index contributed by atoms with van der Waals surface area (Å²) in [7, 11) is 1.74. The standard InChI is InChI=1S/C14H25N3O/c1-4-8-17-14(13(18-3)10-16-17)12-7-6-11(12)9-15-5-2/h10-12,15H,4-9H2,1-3H3. The van der Waals surface area contributed by atoms with Gasteiger partial charge in [0.2, 0.25) is 0 Å². The summed E-state index contributed by atoms with van der Waals surface area (Å²) in [5, 5.41) is 7.93. The number of methoxy groups -OCH3 is 1. The largest absolute Gasteiger partial charge is 0.493 e. The van der Waals surface area contributed by atoms with Crippen LogP contribution in [-0.2, 0) is 6.54 Å². The second kappa shape index (κ2) is 6.23. The van der Waals surface area contributed by atoms with Gasteiger partial charge in [0.1, 0.15) is 0 Å². The summed E-state index contributed by atoms with van der Waals surface area (Å²) < 4.78 is 7.62. The lowest BCUT2D eigenvalue weighted by Gasteiger charge is -2.37. The highest BCUT2D eigenvalue weighted by Crippen LogP contribution is 2.45. The zero-order chi connectivity index (χ0) is 13.0. The normalized spacial score (nSPS) is 22.8. The average molecular weight is 251 g/mol. The first-order valence-corrected chi connectivity index (χ1v) is 7.12. The molecule has 1 heterocycles. The number of nitrogens with one attached hydrogen (secondary N) is 1. The lowest BCUT2D eigenvalue weighted by Crippen LogP contribution is -2.35. The van der Waals surface area contributed by atoms with Crippen LogP contribution in [0.3, 0.4) is 0 Å². The van der Waals surface area contributed by atoms with Crippen LogP contribution in [0.25, 0.3) is 0 Å². The van der Waals surface area contributed by atoms with E-state index >= 15 is 0 Å². The molecule has 4 nitrogen and oxygen atoms in total. The highest BCUT2D eigenvalue weighted by atomic mass is 16.5. The van der Waals surface area contributed by atoms with Crippen molar-refractivity contribution in [3.05, 3.63) is 11.9 Å². The van der Waals surface area contributed by atoms with E-state index in [1.54, 1.807) is 7.11 Å². The molecule has 4 heteroatoms. The number of rotatable bonds is 7. The van der Waals surface area contributed by atoms with Gasteiger partial charge in [0.05, 0.1) is 19.0 Å². The van der Waals surface area contributed by atoms with Gasteiger partial charge in [0.15, 0.2) is 5.75 Å². The van der Waals surface area contributed by atoms with Gasteiger partial charge in [0.25, 0.3) is 0 Å². The van der Waals surface area contributed by atoms with Gasteiger partial charge < -0.3 is 10.1 Å². The molecule has 2 rings (SSSR count). The predicted molar refractivity (Wildman–Crippen MR) is 73.1 cm³/mol. The van der Waals surface area contributed by atoms with Gasteiger partial charge in [-0.2, -0.15) is 5.10 Å². The van der Waals surface area contributed by atoms with Crippen molar-refractivity contribution in [1.29, 1.82) is 0 Å². The molecule has 0 aliphatic heterocycles. The van der Waals surface area contributed by atoms with Gasteiger partial charge in [-0.1, -0.05) is 13.8 Å². The summed E-state index contributed by atoms with van der Waals surface area (Å²) in [5.74, 6) is 2.33. The first-order valence-electron chi connectivity index (χ1n) is 7.12. The molecule has 1 saturated carbocycles. The number of nitrogens with zero attached hydrogens (tertiary/aromatic N) is 2. The number of aromatic nitrogens is 2. The van der Waals surface area contributed by atoms with Crippen LogP contribution in [-0.4, -0.2) is 30.0 Å². The number of hydrogen-bond acceptors (Lipinski definition) is 3. The van der Waals surface area contributed by atoms with Crippen LogP contribution in [0.1, 0.15) is 44.7 Å². The molecule has 2 atom stereocenters. The fraction of sp³-hybridized carbons (Fsp3) is 0.786. The highest BCUT2D eigenvalue weighted by molar-refractivity contribution is 5.31. The molecular formula is C14H25N3O. The van der Waals surface area contributed by atoms with Gasteiger partial charge in [0, 0.05) is 12.5 Å². The van der Waals surface area contributed by atoms with E-state index in [0.29, 0.717) is 5.92 Å². The molecule has 0 spiro atoms. The van der Waals surface area contributed by atoms with E-state index in [0.717, 1.165) is 37.7 Å². The van der Waals surface area contributed by atoms with E-state index in [-0.39, 0.29) is 0 Å². The Hall–Kier alpha value is -1.03. The van der Waals surface area contributed by atoms with Crippen LogP contribution < -0.4 is 10.1 Å². The van der Waals surface area contributed by atoms with Crippen LogP contribution in [0.4, 0.5) is 0 Å². The molecule has 0 aromatic carbocycles. The summed E-state index contributed by atoms with van der Waals surface area (Å²) >= 11 is 0. The maximum Gasteiger partial charge on any atom is 0.160 e. The first-order chi connectivity index (χ1) is 8.81. The van der Waals surface area contributed by atoms with E-state index in [9.17, 15) is 0 Å². The molecule has 0 amide bonds. The van der Waals surface area contributed by atoms with E-state index in [2.05, 4.69) is 28.9 Å². The maximum absolute atomic E-state index is 5.48. The molecule has 0 saturated heterocycles. The van der Waals surface area contributed by atoms with E-state index in [1.165, 1.54) is 18.5 Å². The summed E-state index contributed by atoms with van der Waals surface area (Å²) in [5.41, 5.74) is 1.31. The predicted octanol–water partition coefficient (Wildman–Crippen LogP) is 2.40. The second-order valence-electron chi connectivity index (χ2n) is 5.07. The third kappa shape index (κ3) is 2.53. The van der Waals surface area contributed by atoms with Crippen LogP contribution in [0.15, 0.2) is 6.20 Å². The minimum Gasteiger partial charge on any atom is -0.493 e. The molecule has 1 aliphatic carbocycles. The molecule has 0 radical (unpaired) electrons. The molecule has 1 aliphatic rings. The quantitative estimate of drug-likeness (QED) is 0.809. The molecule has 102 valence electrons. The highest BCUT2D eigenvalue weighted by Gasteiger charge is 2.36. The summed E-state index contributed by atoms with van der Waals surface area (Å²) in [6.07, 6.45) is 5.57. The van der Waals surface area contributed by atoms with Crippen LogP contribution in [0.2, 0.25) is 0 Å². The van der Waals surface area contributed by atoms with E-state index < -0.39 is 0 Å². The Morgan fingerprint density at radius 3 is 2.83 bits per heavy atom. The van der Waals surface area contributed by atoms with Gasteiger partial charge >= 0.3 is 0 Å². The van der Waals surface area contributed by atoms with Crippen LogP contribution in [0, 0.1) is 5.92 Å². The lowest BCUT2D eigenvalue weighted by molar-refractivity contribution is 0.228. The lowest BCUT2D eigenvalue weighted by atomic mass is 9.71. The fourth-order valence-corrected chi connectivity index (χ4v) is 2.80. The van der Waals surface area contributed by atoms with Crippen molar-refractivity contribution < 1.29 is 4.74 Å². The topological polar surface area (TPSA) is 39.1 Å². The monoisotopic (exact) mass is 251 g/mol. The Morgan fingerprint density at radius 2 is 2.28 bits per heavy atom. The zero-order valence-electron chi connectivity index (χ0n) is 11.8. The third-order valence-corrected chi connectivity index (χ3v) is 3.93. The summed E-state index contributed by atoms with van der Waals surface area (Å²) in [4.78, 5) is 0. The molecule has 2 unspecified atom stereocenters. The van der Waals surface area contributed by atoms with Gasteiger partial charge in [-0.25, -0.2) is 0 Å². The zero-order valence-corrected chi connectivity index (χ0v) is 11.8. The smallest absolute Gasteiger partial charge is 0.160 e. The van der Waals surface area contributed by atoms with Crippen LogP contribution >= 0.6 is 0 Å². The van der Waals surface area contributed by atoms with Crippen molar-refractivity contribution in [1.82, 2.24) is 15.1 Å². The van der Waals surface area contributed by atoms with Crippen molar-refractivity contribution in [2.75, 3.05) is 20.2 Å². The Kier molecular flexibility index (Phi) is 4.64. The molecule has 0 bridgehead atoms. The summed E-state index contributed by atoms with van der Waals surface area (Å²) in [6, 6.07) is 0. The fourth-order valence-electron chi connectivity index (χ4n) is 2.80. The van der Waals surface area contributed by atoms with Gasteiger partial charge in [-0.3, -0.25) is 4.68 Å². The van der Waals surface area contributed by atoms with Gasteiger partial charge in [-0.15, -0.1) is 0 Å². The minimum atomic E-state index is 0.619. The van der Waals surface area contributed by atoms with E-state index in [4.69, 9.17) is 4.74 Å². The average Bonchev–Trinajstić information content (AvgIpc) is 2.72. The Labute approximate surface area is 110 Å². The second-order valence-corrected chi connectivity index (χ2v) is 5.07. The van der Waals surface area contributed by atoms with Crippen LogP contribution in [0.5, 0.6) is 5.75 Å². The number of aryl methyl sites for hydroxylation is 1. The molecule has 1 aromatic rings. The van der Waals surface area contributed by atoms with Crippen molar-refractivity contribution in [2.45, 2.75) is 45.6 Å². The van der Waals surface area contributed by atoms with Crippen molar-refractivity contribution in [2.24, 2.45) is 5.92 Å². The Bertz CT molecular complexity index is 375. The molecule has 1 fully saturated rings. The minimum absolute atomic E-state index is 0.619. The van der Waals surface area contributed by atoms with Gasteiger partial charge in [-0.05, 0) is 38.3 Å². The van der Waals surface area contributed by atoms with Crippen molar-refractivity contribution in [3.8, 4) is 5.75 Å². The number of hydrogen-bond donors (Lipinski definition) is 1. The summed E-state index contributed by atoms with van der Waals surface area (Å²) in [6.45, 7) is 7.50. The molecule has 1 aromatic heterocycles. The van der Waals surface area contributed by atoms with Crippen molar-refractivity contribution >= 4 is 0 Å². The molecule has 18 heavy (non-hydrogen) atoms. The van der Waals surface area contributed by atoms with Crippen molar-refractivity contribution in [3.63, 3.8) is 0 Å². The van der Waals surface area contributed by atoms with E-state index in [1.807, 2.05) is 6.20 Å².